The molecule has 1 atom stereocenters. The SMILES string of the molecule is C[C@@H](NC(=O)C1CCCCC1)c1nc(-c2ccc(Cl)cc2)no1. The first kappa shape index (κ1) is 16.0. The molecule has 1 heterocycles. The van der Waals surface area contributed by atoms with E-state index in [0.29, 0.717) is 16.7 Å². The Morgan fingerprint density at radius 2 is 1.96 bits per heavy atom. The molecule has 1 fully saturated rings. The van der Waals surface area contributed by atoms with Gasteiger partial charge in [0.05, 0.1) is 0 Å². The van der Waals surface area contributed by atoms with E-state index < -0.39 is 0 Å². The van der Waals surface area contributed by atoms with Crippen molar-refractivity contribution in [1.29, 1.82) is 0 Å². The lowest BCUT2D eigenvalue weighted by Crippen LogP contribution is -2.33. The second-order valence-corrected chi connectivity index (χ2v) is 6.46. The molecule has 1 N–H and O–H groups in total. The number of nitrogens with zero attached hydrogens (tertiary/aromatic N) is 2. The lowest BCUT2D eigenvalue weighted by molar-refractivity contribution is -0.126. The van der Waals surface area contributed by atoms with Crippen molar-refractivity contribution in [2.75, 3.05) is 0 Å². The van der Waals surface area contributed by atoms with Gasteiger partial charge >= 0.3 is 0 Å². The zero-order chi connectivity index (χ0) is 16.2. The summed E-state index contributed by atoms with van der Waals surface area (Å²) in [6.07, 6.45) is 5.44. The van der Waals surface area contributed by atoms with Crippen LogP contribution in [0.2, 0.25) is 5.02 Å². The van der Waals surface area contributed by atoms with Gasteiger partial charge in [-0.05, 0) is 44.0 Å². The van der Waals surface area contributed by atoms with Crippen LogP contribution in [0.5, 0.6) is 0 Å². The largest absolute Gasteiger partial charge is 0.344 e. The average Bonchev–Trinajstić information content (AvgIpc) is 3.06. The fourth-order valence-electron chi connectivity index (χ4n) is 2.89. The van der Waals surface area contributed by atoms with Crippen molar-refractivity contribution < 1.29 is 9.32 Å². The van der Waals surface area contributed by atoms with Gasteiger partial charge in [0, 0.05) is 16.5 Å². The van der Waals surface area contributed by atoms with Crippen LogP contribution in [0.25, 0.3) is 11.4 Å². The van der Waals surface area contributed by atoms with Gasteiger partial charge < -0.3 is 9.84 Å². The van der Waals surface area contributed by atoms with E-state index in [1.165, 1.54) is 6.42 Å². The van der Waals surface area contributed by atoms with Crippen LogP contribution in [-0.4, -0.2) is 16.0 Å². The lowest BCUT2D eigenvalue weighted by atomic mass is 9.88. The molecular weight excluding hydrogens is 314 g/mol. The molecule has 0 spiro atoms. The molecule has 0 unspecified atom stereocenters. The Morgan fingerprint density at radius 3 is 2.65 bits per heavy atom. The van der Waals surface area contributed by atoms with E-state index in [0.717, 1.165) is 31.2 Å². The Balaban J connectivity index is 1.64. The first-order valence-electron chi connectivity index (χ1n) is 8.03. The van der Waals surface area contributed by atoms with Crippen LogP contribution in [0.1, 0.15) is 51.0 Å². The maximum absolute atomic E-state index is 12.3. The predicted octanol–water partition coefficient (Wildman–Crippen LogP) is 4.15. The number of halogens is 1. The van der Waals surface area contributed by atoms with Crippen LogP contribution in [0, 0.1) is 5.92 Å². The summed E-state index contributed by atoms with van der Waals surface area (Å²) in [5.74, 6) is 1.11. The highest BCUT2D eigenvalue weighted by molar-refractivity contribution is 6.30. The van der Waals surface area contributed by atoms with Crippen LogP contribution >= 0.6 is 11.6 Å². The second kappa shape index (κ2) is 7.13. The number of rotatable bonds is 4. The number of hydrogen-bond acceptors (Lipinski definition) is 4. The Labute approximate surface area is 140 Å². The van der Waals surface area contributed by atoms with E-state index in [-0.39, 0.29) is 17.9 Å². The fourth-order valence-corrected chi connectivity index (χ4v) is 3.01. The lowest BCUT2D eigenvalue weighted by Gasteiger charge is -2.22. The second-order valence-electron chi connectivity index (χ2n) is 6.03. The summed E-state index contributed by atoms with van der Waals surface area (Å²) < 4.78 is 5.29. The highest BCUT2D eigenvalue weighted by Gasteiger charge is 2.24. The first-order chi connectivity index (χ1) is 11.1. The summed E-state index contributed by atoms with van der Waals surface area (Å²) in [6.45, 7) is 1.86. The molecule has 1 saturated carbocycles. The maximum Gasteiger partial charge on any atom is 0.249 e. The summed E-state index contributed by atoms with van der Waals surface area (Å²) in [7, 11) is 0. The molecule has 6 heteroatoms. The van der Waals surface area contributed by atoms with E-state index >= 15 is 0 Å². The molecule has 0 bridgehead atoms. The first-order valence-corrected chi connectivity index (χ1v) is 8.41. The highest BCUT2D eigenvalue weighted by atomic mass is 35.5. The van der Waals surface area contributed by atoms with Crippen molar-refractivity contribution in [2.24, 2.45) is 5.92 Å². The average molecular weight is 334 g/mol. The molecular formula is C17H20ClN3O2. The van der Waals surface area contributed by atoms with Gasteiger partial charge in [-0.1, -0.05) is 36.0 Å². The molecule has 1 aromatic carbocycles. The van der Waals surface area contributed by atoms with E-state index in [2.05, 4.69) is 15.5 Å². The number of nitrogens with one attached hydrogen (secondary N) is 1. The van der Waals surface area contributed by atoms with Crippen LogP contribution in [0.15, 0.2) is 28.8 Å². The van der Waals surface area contributed by atoms with Crippen molar-refractivity contribution in [1.82, 2.24) is 15.5 Å². The predicted molar refractivity (Wildman–Crippen MR) is 87.9 cm³/mol. The molecule has 1 aliphatic rings. The van der Waals surface area contributed by atoms with E-state index in [1.807, 2.05) is 19.1 Å². The number of carbonyl (C=O) groups excluding carboxylic acids is 1. The quantitative estimate of drug-likeness (QED) is 0.912. The summed E-state index contributed by atoms with van der Waals surface area (Å²) in [6, 6.07) is 6.94. The van der Waals surface area contributed by atoms with E-state index in [9.17, 15) is 4.79 Å². The van der Waals surface area contributed by atoms with Gasteiger partial charge in [0.1, 0.15) is 6.04 Å². The molecule has 23 heavy (non-hydrogen) atoms. The van der Waals surface area contributed by atoms with Crippen molar-refractivity contribution >= 4 is 17.5 Å². The fraction of sp³-hybridized carbons (Fsp3) is 0.471. The van der Waals surface area contributed by atoms with E-state index in [1.54, 1.807) is 12.1 Å². The summed E-state index contributed by atoms with van der Waals surface area (Å²) >= 11 is 5.87. The standard InChI is InChI=1S/C17H20ClN3O2/c1-11(19-16(22)13-5-3-2-4-6-13)17-20-15(21-23-17)12-7-9-14(18)10-8-12/h7-11,13H,2-6H2,1H3,(H,19,22)/t11-/m1/s1. The molecule has 0 aliphatic heterocycles. The minimum atomic E-state index is -0.294. The van der Waals surface area contributed by atoms with Gasteiger partial charge in [-0.3, -0.25) is 4.79 Å². The van der Waals surface area contributed by atoms with Gasteiger partial charge in [-0.2, -0.15) is 4.98 Å². The molecule has 5 nitrogen and oxygen atoms in total. The topological polar surface area (TPSA) is 68.0 Å². The van der Waals surface area contributed by atoms with Gasteiger partial charge in [0.15, 0.2) is 0 Å². The summed E-state index contributed by atoms with van der Waals surface area (Å²) in [5, 5.41) is 7.62. The van der Waals surface area contributed by atoms with Crippen LogP contribution in [-0.2, 0) is 4.79 Å². The Bertz CT molecular complexity index is 663. The Kier molecular flexibility index (Phi) is 4.96. The van der Waals surface area contributed by atoms with Gasteiger partial charge in [-0.25, -0.2) is 0 Å². The molecule has 1 aliphatic carbocycles. The highest BCUT2D eigenvalue weighted by Crippen LogP contribution is 2.25. The third-order valence-electron chi connectivity index (χ3n) is 4.25. The minimum absolute atomic E-state index is 0.0865. The number of hydrogen-bond donors (Lipinski definition) is 1. The van der Waals surface area contributed by atoms with Crippen LogP contribution in [0.3, 0.4) is 0 Å². The number of benzene rings is 1. The number of aromatic nitrogens is 2. The smallest absolute Gasteiger partial charge is 0.249 e. The summed E-state index contributed by atoms with van der Waals surface area (Å²) in [4.78, 5) is 16.7. The normalized spacial score (nSPS) is 17.0. The third-order valence-corrected chi connectivity index (χ3v) is 4.50. The molecule has 3 rings (SSSR count). The van der Waals surface area contributed by atoms with Gasteiger partial charge in [0.2, 0.25) is 17.6 Å². The van der Waals surface area contributed by atoms with Gasteiger partial charge in [0.25, 0.3) is 0 Å². The summed E-state index contributed by atoms with van der Waals surface area (Å²) in [5.41, 5.74) is 0.829. The monoisotopic (exact) mass is 333 g/mol. The van der Waals surface area contributed by atoms with Crippen molar-refractivity contribution in [3.8, 4) is 11.4 Å². The number of amides is 1. The molecule has 1 amide bonds. The van der Waals surface area contributed by atoms with Gasteiger partial charge in [-0.15, -0.1) is 0 Å². The molecule has 0 saturated heterocycles. The van der Waals surface area contributed by atoms with Crippen LogP contribution < -0.4 is 5.32 Å². The minimum Gasteiger partial charge on any atom is -0.344 e. The molecule has 122 valence electrons. The van der Waals surface area contributed by atoms with Crippen molar-refractivity contribution in [2.45, 2.75) is 45.1 Å². The molecule has 1 aromatic heterocycles. The zero-order valence-electron chi connectivity index (χ0n) is 13.1. The maximum atomic E-state index is 12.3. The third kappa shape index (κ3) is 3.91. The number of carbonyl (C=O) groups is 1. The van der Waals surface area contributed by atoms with Crippen molar-refractivity contribution in [3.05, 3.63) is 35.2 Å². The van der Waals surface area contributed by atoms with Crippen LogP contribution in [0.4, 0.5) is 0 Å². The zero-order valence-corrected chi connectivity index (χ0v) is 13.8. The molecule has 0 radical (unpaired) electrons. The van der Waals surface area contributed by atoms with Crippen molar-refractivity contribution in [3.63, 3.8) is 0 Å². The van der Waals surface area contributed by atoms with E-state index in [4.69, 9.17) is 16.1 Å². The Morgan fingerprint density at radius 1 is 1.26 bits per heavy atom. The Hall–Kier alpha value is -1.88. The molecule has 2 aromatic rings.